The maximum atomic E-state index is 13.0. The lowest BCUT2D eigenvalue weighted by atomic mass is 9.92. The zero-order valence-corrected chi connectivity index (χ0v) is 17.4. The van der Waals surface area contributed by atoms with E-state index >= 15 is 0 Å². The van der Waals surface area contributed by atoms with Gasteiger partial charge in [0.25, 0.3) is 5.91 Å². The smallest absolute Gasteiger partial charge is 0.273 e. The third kappa shape index (κ3) is 8.51. The highest BCUT2D eigenvalue weighted by Crippen LogP contribution is 2.19. The van der Waals surface area contributed by atoms with Gasteiger partial charge in [-0.1, -0.05) is 30.3 Å². The molecule has 29 heavy (non-hydrogen) atoms. The van der Waals surface area contributed by atoms with Gasteiger partial charge in [-0.05, 0) is 70.5 Å². The molecular weight excluding hydrogens is 370 g/mol. The summed E-state index contributed by atoms with van der Waals surface area (Å²) in [5.41, 5.74) is 2.88. The third-order valence-corrected chi connectivity index (χ3v) is 5.32. The summed E-state index contributed by atoms with van der Waals surface area (Å²) >= 11 is 0. The fourth-order valence-electron chi connectivity index (χ4n) is 3.67. The minimum atomic E-state index is -1.00. The van der Waals surface area contributed by atoms with Crippen LogP contribution in [0.3, 0.4) is 0 Å². The maximum Gasteiger partial charge on any atom is 0.273 e. The molecule has 0 bridgehead atoms. The lowest BCUT2D eigenvalue weighted by Gasteiger charge is -2.27. The third-order valence-electron chi connectivity index (χ3n) is 5.32. The highest BCUT2D eigenvalue weighted by molar-refractivity contribution is 5.89. The Kier molecular flexibility index (Phi) is 10.7. The molecule has 0 saturated carbocycles. The molecule has 1 aliphatic heterocycles. The van der Waals surface area contributed by atoms with E-state index in [1.54, 1.807) is 5.48 Å². The van der Waals surface area contributed by atoms with Crippen LogP contribution < -0.4 is 16.1 Å². The van der Waals surface area contributed by atoms with Crippen molar-refractivity contribution in [3.63, 3.8) is 0 Å². The van der Waals surface area contributed by atoms with Crippen LogP contribution in [-0.2, 0) is 20.7 Å². The zero-order valence-electron chi connectivity index (χ0n) is 17.4. The van der Waals surface area contributed by atoms with Crippen molar-refractivity contribution in [3.05, 3.63) is 35.9 Å². The van der Waals surface area contributed by atoms with Gasteiger partial charge in [0.05, 0.1) is 5.92 Å². The second-order valence-corrected chi connectivity index (χ2v) is 7.76. The van der Waals surface area contributed by atoms with E-state index in [-0.39, 0.29) is 11.9 Å². The quantitative estimate of drug-likeness (QED) is 0.445. The Morgan fingerprint density at radius 2 is 1.97 bits per heavy atom. The van der Waals surface area contributed by atoms with Gasteiger partial charge in [0, 0.05) is 12.6 Å². The van der Waals surface area contributed by atoms with Crippen LogP contribution in [0.25, 0.3) is 0 Å². The van der Waals surface area contributed by atoms with Gasteiger partial charge in [0.2, 0.25) is 5.91 Å². The van der Waals surface area contributed by atoms with Crippen molar-refractivity contribution >= 4 is 11.8 Å². The Hall–Kier alpha value is -1.96. The lowest BCUT2D eigenvalue weighted by Crippen LogP contribution is -2.48. The van der Waals surface area contributed by atoms with Crippen molar-refractivity contribution in [2.24, 2.45) is 5.92 Å². The number of ether oxygens (including phenoxy) is 1. The second kappa shape index (κ2) is 13.3. The van der Waals surface area contributed by atoms with Crippen LogP contribution in [0.15, 0.2) is 30.3 Å². The fraction of sp³-hybridized carbons (Fsp3) is 0.636. The number of amides is 2. The minimum Gasteiger partial charge on any atom is -0.367 e. The lowest BCUT2D eigenvalue weighted by molar-refractivity contribution is -0.151. The molecule has 2 amide bonds. The van der Waals surface area contributed by atoms with Crippen molar-refractivity contribution in [2.45, 2.75) is 64.0 Å². The standard InChI is InChI=1S/C22H35N3O4/c1-17-9-8-15-23-14-5-6-16-29-20(22(27)25-28)19(21(26)24-17)13-7-12-18-10-3-2-4-11-18/h2-4,10-11,17,19-20,23,28H,5-9,12-16H2,1H3,(H,24,26)(H,25,27). The van der Waals surface area contributed by atoms with Gasteiger partial charge in [-0.25, -0.2) is 5.48 Å². The largest absolute Gasteiger partial charge is 0.367 e. The normalized spacial score (nSPS) is 24.9. The Morgan fingerprint density at radius 1 is 1.21 bits per heavy atom. The van der Waals surface area contributed by atoms with E-state index in [9.17, 15) is 14.8 Å². The van der Waals surface area contributed by atoms with Crippen molar-refractivity contribution in [3.8, 4) is 0 Å². The van der Waals surface area contributed by atoms with Crippen molar-refractivity contribution < 1.29 is 19.5 Å². The summed E-state index contributed by atoms with van der Waals surface area (Å²) in [6, 6.07) is 10.1. The summed E-state index contributed by atoms with van der Waals surface area (Å²) < 4.78 is 5.80. The molecule has 1 heterocycles. The van der Waals surface area contributed by atoms with E-state index in [1.165, 1.54) is 5.56 Å². The van der Waals surface area contributed by atoms with Gasteiger partial charge in [0.15, 0.2) is 0 Å². The summed E-state index contributed by atoms with van der Waals surface area (Å²) in [5.74, 6) is -1.50. The molecule has 0 aliphatic carbocycles. The number of aryl methyl sites for hydroxylation is 1. The molecule has 2 rings (SSSR count). The average Bonchev–Trinajstić information content (AvgIpc) is 2.73. The molecule has 1 saturated heterocycles. The number of carbonyl (C=O) groups is 2. The molecule has 4 N–H and O–H groups in total. The van der Waals surface area contributed by atoms with E-state index in [1.807, 2.05) is 25.1 Å². The number of carbonyl (C=O) groups excluding carboxylic acids is 2. The van der Waals surface area contributed by atoms with E-state index in [0.29, 0.717) is 13.0 Å². The molecule has 0 radical (unpaired) electrons. The first-order chi connectivity index (χ1) is 14.1. The summed E-state index contributed by atoms with van der Waals surface area (Å²) in [6.45, 7) is 4.18. The highest BCUT2D eigenvalue weighted by Gasteiger charge is 2.34. The number of hydrogen-bond acceptors (Lipinski definition) is 5. The molecule has 0 spiro atoms. The van der Waals surface area contributed by atoms with Crippen LogP contribution >= 0.6 is 0 Å². The molecule has 1 aliphatic rings. The molecule has 0 aromatic heterocycles. The molecule has 1 fully saturated rings. The van der Waals surface area contributed by atoms with Gasteiger partial charge in [0.1, 0.15) is 6.10 Å². The molecule has 1 aromatic carbocycles. The summed E-state index contributed by atoms with van der Waals surface area (Å²) in [6.07, 6.45) is 4.65. The zero-order chi connectivity index (χ0) is 20.9. The van der Waals surface area contributed by atoms with Crippen molar-refractivity contribution in [1.82, 2.24) is 16.1 Å². The maximum absolute atomic E-state index is 13.0. The molecule has 3 atom stereocenters. The average molecular weight is 406 g/mol. The van der Waals surface area contributed by atoms with Gasteiger partial charge in [-0.2, -0.15) is 0 Å². The number of nitrogens with one attached hydrogen (secondary N) is 3. The number of benzene rings is 1. The SMILES string of the molecule is CC1CCCNCCCCOC(C(=O)NO)C(CCCc2ccccc2)C(=O)N1. The van der Waals surface area contributed by atoms with Crippen LogP contribution in [0.2, 0.25) is 0 Å². The first kappa shape index (κ1) is 23.3. The van der Waals surface area contributed by atoms with Crippen molar-refractivity contribution in [1.29, 1.82) is 0 Å². The monoisotopic (exact) mass is 405 g/mol. The van der Waals surface area contributed by atoms with Crippen LogP contribution in [0.1, 0.15) is 51.0 Å². The summed E-state index contributed by atoms with van der Waals surface area (Å²) in [5, 5.41) is 15.6. The molecule has 7 heteroatoms. The summed E-state index contributed by atoms with van der Waals surface area (Å²) in [7, 11) is 0. The Labute approximate surface area is 173 Å². The summed E-state index contributed by atoms with van der Waals surface area (Å²) in [4.78, 5) is 25.3. The van der Waals surface area contributed by atoms with Crippen LogP contribution in [-0.4, -0.2) is 48.9 Å². The second-order valence-electron chi connectivity index (χ2n) is 7.76. The van der Waals surface area contributed by atoms with Gasteiger partial charge >= 0.3 is 0 Å². The minimum absolute atomic E-state index is 0.0155. The van der Waals surface area contributed by atoms with E-state index < -0.39 is 17.9 Å². The number of hydrogen-bond donors (Lipinski definition) is 4. The molecule has 3 unspecified atom stereocenters. The van der Waals surface area contributed by atoms with Crippen LogP contribution in [0, 0.1) is 5.92 Å². The Morgan fingerprint density at radius 3 is 2.72 bits per heavy atom. The topological polar surface area (TPSA) is 99.7 Å². The van der Waals surface area contributed by atoms with Crippen LogP contribution in [0.5, 0.6) is 0 Å². The van der Waals surface area contributed by atoms with E-state index in [2.05, 4.69) is 22.8 Å². The first-order valence-corrected chi connectivity index (χ1v) is 10.7. The molecule has 1 aromatic rings. The van der Waals surface area contributed by atoms with E-state index in [4.69, 9.17) is 4.74 Å². The van der Waals surface area contributed by atoms with Gasteiger partial charge in [-0.15, -0.1) is 0 Å². The predicted octanol–water partition coefficient (Wildman–Crippen LogP) is 2.18. The van der Waals surface area contributed by atoms with Gasteiger partial charge < -0.3 is 15.4 Å². The Bertz CT molecular complexity index is 611. The number of rotatable bonds is 5. The van der Waals surface area contributed by atoms with E-state index in [0.717, 1.165) is 51.6 Å². The molecule has 162 valence electrons. The van der Waals surface area contributed by atoms with Gasteiger partial charge in [-0.3, -0.25) is 14.8 Å². The highest BCUT2D eigenvalue weighted by atomic mass is 16.5. The molecular formula is C22H35N3O4. The number of hydroxylamine groups is 1. The fourth-order valence-corrected chi connectivity index (χ4v) is 3.67. The Balaban J connectivity index is 2.08. The molecule has 7 nitrogen and oxygen atoms in total. The first-order valence-electron chi connectivity index (χ1n) is 10.7. The van der Waals surface area contributed by atoms with Crippen LogP contribution in [0.4, 0.5) is 0 Å². The van der Waals surface area contributed by atoms with Crippen molar-refractivity contribution in [2.75, 3.05) is 19.7 Å². The predicted molar refractivity (Wildman–Crippen MR) is 111 cm³/mol.